The molecule has 4 heteroatoms. The fourth-order valence-electron chi connectivity index (χ4n) is 2.30. The first kappa shape index (κ1) is 12.7. The van der Waals surface area contributed by atoms with Gasteiger partial charge in [-0.05, 0) is 37.0 Å². The fraction of sp³-hybridized carbons (Fsp3) is 0.500. The summed E-state index contributed by atoms with van der Waals surface area (Å²) in [5.74, 6) is 0.251. The zero-order chi connectivity index (χ0) is 13.3. The van der Waals surface area contributed by atoms with Crippen molar-refractivity contribution in [3.05, 3.63) is 23.8 Å². The van der Waals surface area contributed by atoms with Crippen molar-refractivity contribution in [1.82, 2.24) is 0 Å². The standard InChI is InChI=1S/C14H19NO3/c1-9-4-5-13(18-3)12(6-9)15(2)8-10-7-11(10)14(16)17/h4-6,10-11H,7-8H2,1-3H3,(H,16,17). The average Bonchev–Trinajstić information content (AvgIpc) is 3.08. The van der Waals surface area contributed by atoms with Crippen molar-refractivity contribution in [2.45, 2.75) is 13.3 Å². The largest absolute Gasteiger partial charge is 0.495 e. The minimum atomic E-state index is -0.676. The molecular formula is C14H19NO3. The number of ether oxygens (including phenoxy) is 1. The van der Waals surface area contributed by atoms with Crippen LogP contribution in [0.5, 0.6) is 5.75 Å². The fourth-order valence-corrected chi connectivity index (χ4v) is 2.30. The number of methoxy groups -OCH3 is 1. The topological polar surface area (TPSA) is 49.8 Å². The van der Waals surface area contributed by atoms with E-state index in [0.29, 0.717) is 0 Å². The van der Waals surface area contributed by atoms with Gasteiger partial charge in [-0.15, -0.1) is 0 Å². The van der Waals surface area contributed by atoms with Crippen molar-refractivity contribution in [2.24, 2.45) is 11.8 Å². The predicted octanol–water partition coefficient (Wildman–Crippen LogP) is 2.16. The molecule has 0 spiro atoms. The summed E-state index contributed by atoms with van der Waals surface area (Å²) in [6, 6.07) is 6.02. The monoisotopic (exact) mass is 249 g/mol. The molecule has 98 valence electrons. The Balaban J connectivity index is 2.07. The van der Waals surface area contributed by atoms with Crippen LogP contribution in [0.4, 0.5) is 5.69 Å². The highest BCUT2D eigenvalue weighted by molar-refractivity contribution is 5.73. The summed E-state index contributed by atoms with van der Waals surface area (Å²) in [7, 11) is 3.63. The molecule has 0 heterocycles. The second kappa shape index (κ2) is 4.88. The van der Waals surface area contributed by atoms with E-state index in [0.717, 1.165) is 24.4 Å². The number of benzene rings is 1. The van der Waals surface area contributed by atoms with E-state index in [9.17, 15) is 4.79 Å². The van der Waals surface area contributed by atoms with Crippen LogP contribution in [0.1, 0.15) is 12.0 Å². The summed E-state index contributed by atoms with van der Waals surface area (Å²) < 4.78 is 5.34. The van der Waals surface area contributed by atoms with Crippen LogP contribution in [0, 0.1) is 18.8 Å². The molecule has 2 rings (SSSR count). The van der Waals surface area contributed by atoms with Gasteiger partial charge in [-0.25, -0.2) is 0 Å². The van der Waals surface area contributed by atoms with Gasteiger partial charge in [0.15, 0.2) is 0 Å². The Morgan fingerprint density at radius 1 is 1.56 bits per heavy atom. The van der Waals surface area contributed by atoms with Crippen LogP contribution < -0.4 is 9.64 Å². The van der Waals surface area contributed by atoms with E-state index in [1.165, 1.54) is 5.56 Å². The number of aliphatic carboxylic acids is 1. The van der Waals surface area contributed by atoms with E-state index >= 15 is 0 Å². The number of carboxylic acid groups (broad SMARTS) is 1. The zero-order valence-electron chi connectivity index (χ0n) is 11.0. The van der Waals surface area contributed by atoms with Crippen LogP contribution in [0.2, 0.25) is 0 Å². The molecule has 0 aliphatic heterocycles. The maximum absolute atomic E-state index is 10.8. The predicted molar refractivity (Wildman–Crippen MR) is 70.2 cm³/mol. The highest BCUT2D eigenvalue weighted by atomic mass is 16.5. The molecule has 1 fully saturated rings. The van der Waals surface area contributed by atoms with Crippen molar-refractivity contribution in [3.8, 4) is 5.75 Å². The molecule has 0 bridgehead atoms. The van der Waals surface area contributed by atoms with Gasteiger partial charge in [-0.1, -0.05) is 6.07 Å². The first-order chi connectivity index (χ1) is 8.52. The number of carbonyl (C=O) groups is 1. The van der Waals surface area contributed by atoms with Crippen LogP contribution in [-0.4, -0.2) is 31.8 Å². The third-order valence-electron chi connectivity index (χ3n) is 3.49. The number of aryl methyl sites for hydroxylation is 1. The average molecular weight is 249 g/mol. The summed E-state index contributed by atoms with van der Waals surface area (Å²) in [6.45, 7) is 2.80. The van der Waals surface area contributed by atoms with Crippen LogP contribution in [0.25, 0.3) is 0 Å². The van der Waals surface area contributed by atoms with Gasteiger partial charge in [0.1, 0.15) is 5.75 Å². The molecule has 1 aromatic carbocycles. The highest BCUT2D eigenvalue weighted by Crippen LogP contribution is 2.40. The van der Waals surface area contributed by atoms with Gasteiger partial charge in [-0.2, -0.15) is 0 Å². The quantitative estimate of drug-likeness (QED) is 0.868. The first-order valence-electron chi connectivity index (χ1n) is 6.11. The van der Waals surface area contributed by atoms with Crippen LogP contribution in [-0.2, 0) is 4.79 Å². The van der Waals surface area contributed by atoms with E-state index in [4.69, 9.17) is 9.84 Å². The lowest BCUT2D eigenvalue weighted by molar-refractivity contribution is -0.138. The van der Waals surface area contributed by atoms with Gasteiger partial charge >= 0.3 is 5.97 Å². The molecule has 1 saturated carbocycles. The number of nitrogens with zero attached hydrogens (tertiary/aromatic N) is 1. The van der Waals surface area contributed by atoms with Crippen molar-refractivity contribution in [3.63, 3.8) is 0 Å². The molecular weight excluding hydrogens is 230 g/mol. The Bertz CT molecular complexity index is 458. The zero-order valence-corrected chi connectivity index (χ0v) is 11.0. The normalized spacial score (nSPS) is 21.5. The smallest absolute Gasteiger partial charge is 0.306 e. The Hall–Kier alpha value is -1.71. The van der Waals surface area contributed by atoms with Gasteiger partial charge < -0.3 is 14.7 Å². The molecule has 0 aromatic heterocycles. The van der Waals surface area contributed by atoms with Crippen LogP contribution in [0.3, 0.4) is 0 Å². The molecule has 2 unspecified atom stereocenters. The van der Waals surface area contributed by atoms with E-state index in [-0.39, 0.29) is 11.8 Å². The molecule has 1 aliphatic carbocycles. The van der Waals surface area contributed by atoms with Crippen molar-refractivity contribution in [2.75, 3.05) is 25.6 Å². The molecule has 0 saturated heterocycles. The molecule has 0 amide bonds. The third-order valence-corrected chi connectivity index (χ3v) is 3.49. The summed E-state index contributed by atoms with van der Waals surface area (Å²) in [6.07, 6.45) is 0.786. The Kier molecular flexibility index (Phi) is 3.45. The van der Waals surface area contributed by atoms with Crippen LogP contribution in [0.15, 0.2) is 18.2 Å². The number of carboxylic acids is 1. The molecule has 4 nitrogen and oxygen atoms in total. The van der Waals surface area contributed by atoms with E-state index < -0.39 is 5.97 Å². The van der Waals surface area contributed by atoms with Crippen molar-refractivity contribution < 1.29 is 14.6 Å². The summed E-state index contributed by atoms with van der Waals surface area (Å²) >= 11 is 0. The molecule has 18 heavy (non-hydrogen) atoms. The van der Waals surface area contributed by atoms with Gasteiger partial charge in [0.05, 0.1) is 18.7 Å². The number of rotatable bonds is 5. The first-order valence-corrected chi connectivity index (χ1v) is 6.11. The van der Waals surface area contributed by atoms with Crippen molar-refractivity contribution in [1.29, 1.82) is 0 Å². The Morgan fingerprint density at radius 3 is 2.83 bits per heavy atom. The molecule has 1 aromatic rings. The van der Waals surface area contributed by atoms with Crippen molar-refractivity contribution >= 4 is 11.7 Å². The van der Waals surface area contributed by atoms with E-state index in [1.54, 1.807) is 7.11 Å². The Morgan fingerprint density at radius 2 is 2.28 bits per heavy atom. The molecule has 0 radical (unpaired) electrons. The van der Waals surface area contributed by atoms with Gasteiger partial charge in [0.25, 0.3) is 0 Å². The van der Waals surface area contributed by atoms with E-state index in [1.807, 2.05) is 26.1 Å². The maximum Gasteiger partial charge on any atom is 0.306 e. The third kappa shape index (κ3) is 2.58. The second-order valence-electron chi connectivity index (χ2n) is 5.00. The lowest BCUT2D eigenvalue weighted by atomic mass is 10.2. The molecule has 1 N–H and O–H groups in total. The summed E-state index contributed by atoms with van der Waals surface area (Å²) in [4.78, 5) is 12.9. The van der Waals surface area contributed by atoms with Gasteiger partial charge in [-0.3, -0.25) is 4.79 Å². The second-order valence-corrected chi connectivity index (χ2v) is 5.00. The van der Waals surface area contributed by atoms with E-state index in [2.05, 4.69) is 11.0 Å². The minimum Gasteiger partial charge on any atom is -0.495 e. The molecule has 1 aliphatic rings. The lowest BCUT2D eigenvalue weighted by Gasteiger charge is -2.22. The number of anilines is 1. The maximum atomic E-state index is 10.8. The summed E-state index contributed by atoms with van der Waals surface area (Å²) in [5, 5.41) is 8.91. The minimum absolute atomic E-state index is 0.164. The van der Waals surface area contributed by atoms with Gasteiger partial charge in [0, 0.05) is 13.6 Å². The highest BCUT2D eigenvalue weighted by Gasteiger charge is 2.43. The Labute approximate surface area is 107 Å². The number of hydrogen-bond acceptors (Lipinski definition) is 3. The van der Waals surface area contributed by atoms with Gasteiger partial charge in [0.2, 0.25) is 0 Å². The molecule has 2 atom stereocenters. The summed E-state index contributed by atoms with van der Waals surface area (Å²) in [5.41, 5.74) is 2.19. The lowest BCUT2D eigenvalue weighted by Crippen LogP contribution is -2.22. The van der Waals surface area contributed by atoms with Crippen LogP contribution >= 0.6 is 0 Å². The SMILES string of the molecule is COc1ccc(C)cc1N(C)CC1CC1C(=O)O. The number of hydrogen-bond donors (Lipinski definition) is 1.